The van der Waals surface area contributed by atoms with Crippen molar-refractivity contribution in [3.8, 4) is 5.88 Å². The Kier molecular flexibility index (Phi) is 3.46. The van der Waals surface area contributed by atoms with Gasteiger partial charge < -0.3 is 0 Å². The molecule has 1 heterocycles. The Hall–Kier alpha value is 0.0387. The first-order chi connectivity index (χ1) is 5.95. The fraction of sp³-hybridized carbons (Fsp3) is 0.444. The first-order valence-electron chi connectivity index (χ1n) is 4.15. The minimum atomic E-state index is -2.09. The van der Waals surface area contributed by atoms with E-state index in [9.17, 15) is 0 Å². The van der Waals surface area contributed by atoms with Crippen LogP contribution in [0.25, 0.3) is 0 Å². The van der Waals surface area contributed by atoms with Gasteiger partial charge in [-0.2, -0.15) is 0 Å². The van der Waals surface area contributed by atoms with Crippen LogP contribution in [0.4, 0.5) is 0 Å². The van der Waals surface area contributed by atoms with Gasteiger partial charge in [-0.15, -0.1) is 0 Å². The van der Waals surface area contributed by atoms with E-state index in [4.69, 9.17) is 16.3 Å². The topological polar surface area (TPSA) is 22.1 Å². The minimum absolute atomic E-state index is 0.658. The van der Waals surface area contributed by atoms with Gasteiger partial charge in [0.15, 0.2) is 0 Å². The van der Waals surface area contributed by atoms with E-state index in [1.807, 2.05) is 6.07 Å². The summed E-state index contributed by atoms with van der Waals surface area (Å²) in [7, 11) is 1.62. The number of methoxy groups -OCH3 is 1. The van der Waals surface area contributed by atoms with Gasteiger partial charge >= 0.3 is 88.4 Å². The molecule has 72 valence electrons. The summed E-state index contributed by atoms with van der Waals surface area (Å²) in [5.41, 5.74) is 0. The summed E-state index contributed by atoms with van der Waals surface area (Å²) >= 11 is 3.98. The molecule has 1 rings (SSSR count). The molecule has 0 radical (unpaired) electrons. The molecule has 13 heavy (non-hydrogen) atoms. The van der Waals surface area contributed by atoms with Crippen molar-refractivity contribution in [2.45, 2.75) is 14.8 Å². The van der Waals surface area contributed by atoms with Gasteiger partial charge in [-0.1, -0.05) is 0 Å². The van der Waals surface area contributed by atoms with Crippen LogP contribution in [0.5, 0.6) is 5.88 Å². The van der Waals surface area contributed by atoms with Crippen LogP contribution < -0.4 is 8.32 Å². The molecule has 1 aromatic heterocycles. The van der Waals surface area contributed by atoms with Crippen molar-refractivity contribution in [2.75, 3.05) is 7.11 Å². The molecule has 0 aliphatic carbocycles. The van der Waals surface area contributed by atoms with Crippen molar-refractivity contribution >= 4 is 33.6 Å². The number of ether oxygens (including phenoxy) is 1. The summed E-state index contributed by atoms with van der Waals surface area (Å²) in [6.45, 7) is 0. The predicted octanol–water partition coefficient (Wildman–Crippen LogP) is 2.29. The van der Waals surface area contributed by atoms with E-state index in [2.05, 4.69) is 19.8 Å². The first kappa shape index (κ1) is 11.1. The van der Waals surface area contributed by atoms with E-state index in [1.54, 1.807) is 13.3 Å². The van der Waals surface area contributed by atoms with E-state index < -0.39 is 18.4 Å². The summed E-state index contributed by atoms with van der Waals surface area (Å²) in [4.78, 5) is 11.0. The van der Waals surface area contributed by atoms with Gasteiger partial charge in [0.2, 0.25) is 0 Å². The zero-order valence-corrected chi connectivity index (χ0v) is 12.0. The van der Waals surface area contributed by atoms with E-state index in [1.165, 1.54) is 3.58 Å². The first-order valence-corrected chi connectivity index (χ1v) is 14.5. The van der Waals surface area contributed by atoms with E-state index in [0.717, 1.165) is 5.02 Å². The molecule has 0 saturated heterocycles. The third kappa shape index (κ3) is 2.74. The molecule has 0 saturated carbocycles. The number of pyridine rings is 1. The Morgan fingerprint density at radius 3 is 2.46 bits per heavy atom. The molecular weight excluding hydrogens is 292 g/mol. The molecular formula is C9H14ClNOSn. The average molecular weight is 306 g/mol. The molecule has 0 aliphatic rings. The van der Waals surface area contributed by atoms with Crippen molar-refractivity contribution in [3.63, 3.8) is 0 Å². The number of nitrogens with zero attached hydrogens (tertiary/aromatic N) is 1. The second-order valence-corrected chi connectivity index (χ2v) is 18.7. The number of halogens is 1. The van der Waals surface area contributed by atoms with Gasteiger partial charge in [-0.05, 0) is 0 Å². The third-order valence-corrected chi connectivity index (χ3v) is 8.39. The van der Waals surface area contributed by atoms with Gasteiger partial charge in [-0.25, -0.2) is 0 Å². The average Bonchev–Trinajstić information content (AvgIpc) is 2.03. The van der Waals surface area contributed by atoms with Crippen LogP contribution in [-0.2, 0) is 0 Å². The Labute approximate surface area is 88.1 Å². The Balaban J connectivity index is 3.19. The Bertz CT molecular complexity index is 309. The van der Waals surface area contributed by atoms with Crippen molar-refractivity contribution in [3.05, 3.63) is 17.3 Å². The van der Waals surface area contributed by atoms with Gasteiger partial charge in [-0.3, -0.25) is 0 Å². The van der Waals surface area contributed by atoms with Crippen LogP contribution in [-0.4, -0.2) is 30.5 Å². The number of hydrogen-bond acceptors (Lipinski definition) is 2. The van der Waals surface area contributed by atoms with E-state index in [0.29, 0.717) is 5.88 Å². The van der Waals surface area contributed by atoms with Crippen LogP contribution >= 0.6 is 11.6 Å². The van der Waals surface area contributed by atoms with Crippen molar-refractivity contribution < 1.29 is 4.74 Å². The molecule has 1 aromatic rings. The molecule has 0 aliphatic heterocycles. The van der Waals surface area contributed by atoms with Gasteiger partial charge in [0.1, 0.15) is 0 Å². The maximum atomic E-state index is 6.07. The van der Waals surface area contributed by atoms with Crippen molar-refractivity contribution in [1.82, 2.24) is 4.98 Å². The van der Waals surface area contributed by atoms with Crippen LogP contribution in [0.1, 0.15) is 0 Å². The number of aromatic nitrogens is 1. The Morgan fingerprint density at radius 1 is 1.38 bits per heavy atom. The zero-order chi connectivity index (χ0) is 10.1. The standard InChI is InChI=1S/C6H5ClNO.3CH3.Sn/c1-9-6-3-2-5(7)4-8-6;;;;/h3-4H,1H3;3*1H3;. The quantitative estimate of drug-likeness (QED) is 0.782. The van der Waals surface area contributed by atoms with Crippen molar-refractivity contribution in [2.24, 2.45) is 0 Å². The van der Waals surface area contributed by atoms with Crippen LogP contribution in [0.2, 0.25) is 19.8 Å². The zero-order valence-electron chi connectivity index (χ0n) is 8.39. The molecule has 0 unspecified atom stereocenters. The fourth-order valence-corrected chi connectivity index (χ4v) is 6.93. The number of hydrogen-bond donors (Lipinski definition) is 0. The molecule has 0 aromatic carbocycles. The normalized spacial score (nSPS) is 11.5. The maximum absolute atomic E-state index is 6.07. The Morgan fingerprint density at radius 2 is 2.00 bits per heavy atom. The monoisotopic (exact) mass is 307 g/mol. The summed E-state index contributed by atoms with van der Waals surface area (Å²) < 4.78 is 6.34. The summed E-state index contributed by atoms with van der Waals surface area (Å²) in [5.74, 6) is 0.658. The molecule has 0 fully saturated rings. The molecule has 0 amide bonds. The molecule has 0 spiro atoms. The summed E-state index contributed by atoms with van der Waals surface area (Å²) in [6, 6.07) is 1.97. The summed E-state index contributed by atoms with van der Waals surface area (Å²) in [6.07, 6.45) is 1.68. The summed E-state index contributed by atoms with van der Waals surface area (Å²) in [5, 5.41) is 0.782. The second-order valence-electron chi connectivity index (χ2n) is 3.96. The molecule has 0 N–H and O–H groups in total. The van der Waals surface area contributed by atoms with Gasteiger partial charge in [0.25, 0.3) is 0 Å². The predicted molar refractivity (Wildman–Crippen MR) is 58.8 cm³/mol. The second kappa shape index (κ2) is 4.05. The van der Waals surface area contributed by atoms with E-state index >= 15 is 0 Å². The van der Waals surface area contributed by atoms with Crippen LogP contribution in [0, 0.1) is 0 Å². The molecule has 4 heteroatoms. The fourth-order valence-electron chi connectivity index (χ4n) is 1.11. The van der Waals surface area contributed by atoms with E-state index in [-0.39, 0.29) is 0 Å². The third-order valence-electron chi connectivity index (χ3n) is 1.85. The molecule has 0 atom stereocenters. The van der Waals surface area contributed by atoms with Gasteiger partial charge in [0.05, 0.1) is 0 Å². The van der Waals surface area contributed by atoms with Crippen LogP contribution in [0.3, 0.4) is 0 Å². The number of rotatable bonds is 2. The molecule has 2 nitrogen and oxygen atoms in total. The molecule has 0 bridgehead atoms. The van der Waals surface area contributed by atoms with Crippen LogP contribution in [0.15, 0.2) is 12.3 Å². The van der Waals surface area contributed by atoms with Crippen molar-refractivity contribution in [1.29, 1.82) is 0 Å². The van der Waals surface area contributed by atoms with Gasteiger partial charge in [0, 0.05) is 0 Å². The SMILES string of the molecule is COc1c[c]([Sn]([CH3])([CH3])[CH3])c(Cl)cn1.